The molecule has 0 fully saturated rings. The molecule has 3 aromatic carbocycles. The number of para-hydroxylation sites is 2. The molecule has 0 unspecified atom stereocenters. The number of benzene rings is 3. The number of nitrogens with one attached hydrogen (secondary N) is 2. The number of hydrogen-bond donors (Lipinski definition) is 2. The van der Waals surface area contributed by atoms with Gasteiger partial charge in [-0.25, -0.2) is 0 Å². The number of aryl methyl sites for hydroxylation is 2. The predicted octanol–water partition coefficient (Wildman–Crippen LogP) is 5.30. The average molecular weight is 316 g/mol. The zero-order valence-electron chi connectivity index (χ0n) is 13.8. The van der Waals surface area contributed by atoms with Crippen LogP contribution in [0.3, 0.4) is 0 Å². The number of anilines is 3. The lowest BCUT2D eigenvalue weighted by molar-refractivity contribution is 0.102. The molecule has 120 valence electrons. The molecule has 24 heavy (non-hydrogen) atoms. The first-order chi connectivity index (χ1) is 11.6. The summed E-state index contributed by atoms with van der Waals surface area (Å²) < 4.78 is 0. The zero-order chi connectivity index (χ0) is 16.9. The maximum absolute atomic E-state index is 12.5. The van der Waals surface area contributed by atoms with Crippen LogP contribution in [0.15, 0.2) is 72.8 Å². The summed E-state index contributed by atoms with van der Waals surface area (Å²) in [6, 6.07) is 23.4. The van der Waals surface area contributed by atoms with Crippen molar-refractivity contribution in [2.24, 2.45) is 0 Å². The van der Waals surface area contributed by atoms with E-state index >= 15 is 0 Å². The number of amides is 1. The Morgan fingerprint density at radius 2 is 1.46 bits per heavy atom. The van der Waals surface area contributed by atoms with Crippen molar-refractivity contribution in [3.63, 3.8) is 0 Å². The quantitative estimate of drug-likeness (QED) is 0.686. The Labute approximate surface area is 142 Å². The fourth-order valence-electron chi connectivity index (χ4n) is 2.47. The van der Waals surface area contributed by atoms with Gasteiger partial charge in [-0.05, 0) is 50.2 Å². The highest BCUT2D eigenvalue weighted by atomic mass is 16.1. The third kappa shape index (κ3) is 3.82. The Morgan fingerprint density at radius 3 is 2.17 bits per heavy atom. The van der Waals surface area contributed by atoms with Crippen molar-refractivity contribution in [3.05, 3.63) is 89.5 Å². The number of rotatable bonds is 4. The van der Waals surface area contributed by atoms with Gasteiger partial charge in [0.25, 0.3) is 5.91 Å². The Balaban J connectivity index is 1.81. The molecule has 0 radical (unpaired) electrons. The van der Waals surface area contributed by atoms with E-state index in [4.69, 9.17) is 0 Å². The molecule has 0 bridgehead atoms. The summed E-state index contributed by atoms with van der Waals surface area (Å²) in [7, 11) is 0. The van der Waals surface area contributed by atoms with E-state index in [1.807, 2.05) is 67.6 Å². The smallest absolute Gasteiger partial charge is 0.255 e. The molecule has 0 spiro atoms. The molecule has 0 aromatic heterocycles. The minimum absolute atomic E-state index is 0.114. The highest BCUT2D eigenvalue weighted by Gasteiger charge is 2.09. The average Bonchev–Trinajstić information content (AvgIpc) is 2.58. The molecule has 3 nitrogen and oxygen atoms in total. The number of carbonyl (C=O) groups is 1. The third-order valence-corrected chi connectivity index (χ3v) is 3.79. The van der Waals surface area contributed by atoms with Crippen molar-refractivity contribution in [1.82, 2.24) is 0 Å². The predicted molar refractivity (Wildman–Crippen MR) is 100 cm³/mol. The van der Waals surface area contributed by atoms with Crippen molar-refractivity contribution >= 4 is 23.0 Å². The van der Waals surface area contributed by atoms with E-state index < -0.39 is 0 Å². The monoisotopic (exact) mass is 316 g/mol. The Bertz CT molecular complexity index is 854. The Hall–Kier alpha value is -3.07. The van der Waals surface area contributed by atoms with Crippen LogP contribution in [0, 0.1) is 13.8 Å². The topological polar surface area (TPSA) is 41.1 Å². The van der Waals surface area contributed by atoms with Crippen molar-refractivity contribution in [2.45, 2.75) is 13.8 Å². The lowest BCUT2D eigenvalue weighted by Gasteiger charge is -2.13. The molecule has 0 saturated heterocycles. The summed E-state index contributed by atoms with van der Waals surface area (Å²) in [4.78, 5) is 12.5. The molecule has 0 atom stereocenters. The number of hydrogen-bond acceptors (Lipinski definition) is 2. The zero-order valence-corrected chi connectivity index (χ0v) is 13.8. The maximum Gasteiger partial charge on any atom is 0.255 e. The molecule has 3 heteroatoms. The van der Waals surface area contributed by atoms with Gasteiger partial charge in [0.1, 0.15) is 0 Å². The summed E-state index contributed by atoms with van der Waals surface area (Å²) in [5.41, 5.74) is 5.53. The normalized spacial score (nSPS) is 10.2. The third-order valence-electron chi connectivity index (χ3n) is 3.79. The largest absolute Gasteiger partial charge is 0.354 e. The van der Waals surface area contributed by atoms with E-state index in [0.717, 1.165) is 22.6 Å². The van der Waals surface area contributed by atoms with Crippen LogP contribution in [0.2, 0.25) is 0 Å². The first kappa shape index (κ1) is 15.8. The van der Waals surface area contributed by atoms with Gasteiger partial charge in [-0.3, -0.25) is 4.79 Å². The van der Waals surface area contributed by atoms with E-state index in [2.05, 4.69) is 29.7 Å². The van der Waals surface area contributed by atoms with Crippen molar-refractivity contribution < 1.29 is 4.79 Å². The van der Waals surface area contributed by atoms with Crippen LogP contribution in [0.25, 0.3) is 0 Å². The van der Waals surface area contributed by atoms with E-state index in [-0.39, 0.29) is 5.91 Å². The molecule has 2 N–H and O–H groups in total. The molecule has 3 aromatic rings. The van der Waals surface area contributed by atoms with Crippen molar-refractivity contribution in [3.8, 4) is 0 Å². The summed E-state index contributed by atoms with van der Waals surface area (Å²) in [5.74, 6) is -0.114. The molecule has 3 rings (SSSR count). The fourth-order valence-corrected chi connectivity index (χ4v) is 2.47. The van der Waals surface area contributed by atoms with Gasteiger partial charge in [0.15, 0.2) is 0 Å². The lowest BCUT2D eigenvalue weighted by atomic mass is 10.1. The van der Waals surface area contributed by atoms with E-state index in [9.17, 15) is 4.79 Å². The van der Waals surface area contributed by atoms with Crippen LogP contribution < -0.4 is 10.6 Å². The lowest BCUT2D eigenvalue weighted by Crippen LogP contribution is -2.13. The Kier molecular flexibility index (Phi) is 4.62. The molecule has 0 heterocycles. The van der Waals surface area contributed by atoms with Crippen molar-refractivity contribution in [1.29, 1.82) is 0 Å². The van der Waals surface area contributed by atoms with Crippen LogP contribution in [0.4, 0.5) is 17.1 Å². The van der Waals surface area contributed by atoms with Crippen LogP contribution in [0.1, 0.15) is 21.5 Å². The molecule has 1 amide bonds. The minimum atomic E-state index is -0.114. The van der Waals surface area contributed by atoms with Gasteiger partial charge in [0.2, 0.25) is 0 Å². The SMILES string of the molecule is Cc1ccc(Nc2ccccc2NC(=O)c2cccc(C)c2)cc1. The minimum Gasteiger partial charge on any atom is -0.354 e. The molecule has 0 saturated carbocycles. The first-order valence-electron chi connectivity index (χ1n) is 7.92. The molecular weight excluding hydrogens is 296 g/mol. The van der Waals surface area contributed by atoms with E-state index in [1.165, 1.54) is 5.56 Å². The second kappa shape index (κ2) is 7.01. The van der Waals surface area contributed by atoms with Crippen LogP contribution >= 0.6 is 0 Å². The van der Waals surface area contributed by atoms with Crippen LogP contribution in [-0.4, -0.2) is 5.91 Å². The van der Waals surface area contributed by atoms with Gasteiger partial charge in [0.05, 0.1) is 11.4 Å². The van der Waals surface area contributed by atoms with Gasteiger partial charge in [-0.2, -0.15) is 0 Å². The van der Waals surface area contributed by atoms with Gasteiger partial charge >= 0.3 is 0 Å². The summed E-state index contributed by atoms with van der Waals surface area (Å²) in [5, 5.41) is 6.34. The Morgan fingerprint density at radius 1 is 0.750 bits per heavy atom. The van der Waals surface area contributed by atoms with Crippen LogP contribution in [0.5, 0.6) is 0 Å². The fraction of sp³-hybridized carbons (Fsp3) is 0.0952. The maximum atomic E-state index is 12.5. The van der Waals surface area contributed by atoms with E-state index in [1.54, 1.807) is 0 Å². The highest BCUT2D eigenvalue weighted by molar-refractivity contribution is 6.06. The first-order valence-corrected chi connectivity index (χ1v) is 7.92. The molecule has 0 aliphatic rings. The van der Waals surface area contributed by atoms with Gasteiger partial charge < -0.3 is 10.6 Å². The molecule has 0 aliphatic carbocycles. The molecular formula is C21H20N2O. The second-order valence-electron chi connectivity index (χ2n) is 5.86. The van der Waals surface area contributed by atoms with Gasteiger partial charge in [0, 0.05) is 11.3 Å². The summed E-state index contributed by atoms with van der Waals surface area (Å²) >= 11 is 0. The van der Waals surface area contributed by atoms with Gasteiger partial charge in [-0.1, -0.05) is 47.5 Å². The van der Waals surface area contributed by atoms with Crippen molar-refractivity contribution in [2.75, 3.05) is 10.6 Å². The van der Waals surface area contributed by atoms with Crippen LogP contribution in [-0.2, 0) is 0 Å². The number of carbonyl (C=O) groups excluding carboxylic acids is 1. The summed E-state index contributed by atoms with van der Waals surface area (Å²) in [6.45, 7) is 4.03. The summed E-state index contributed by atoms with van der Waals surface area (Å²) in [6.07, 6.45) is 0. The molecule has 0 aliphatic heterocycles. The highest BCUT2D eigenvalue weighted by Crippen LogP contribution is 2.26. The second-order valence-corrected chi connectivity index (χ2v) is 5.86. The van der Waals surface area contributed by atoms with Gasteiger partial charge in [-0.15, -0.1) is 0 Å². The van der Waals surface area contributed by atoms with E-state index in [0.29, 0.717) is 5.56 Å². The standard InChI is InChI=1S/C21H20N2O/c1-15-10-12-18(13-11-15)22-19-8-3-4-9-20(19)23-21(24)17-7-5-6-16(2)14-17/h3-14,22H,1-2H3,(H,23,24).